The van der Waals surface area contributed by atoms with Gasteiger partial charge in [-0.2, -0.15) is 0 Å². The van der Waals surface area contributed by atoms with E-state index in [4.69, 9.17) is 54.2 Å². The molecule has 10 fully saturated rings. The lowest BCUT2D eigenvalue weighted by molar-refractivity contribution is -0.292. The average Bonchev–Trinajstić information content (AvgIpc) is 3.89. The number of rotatable bonds is 6. The fourth-order valence-corrected chi connectivity index (χ4v) is 13.8. The van der Waals surface area contributed by atoms with Gasteiger partial charge in [-0.1, -0.05) is 31.7 Å². The van der Waals surface area contributed by atoms with E-state index >= 15 is 0 Å². The summed E-state index contributed by atoms with van der Waals surface area (Å²) in [5.74, 6) is -1.51. The number of fused-ring (bicyclic) bond motifs is 6. The van der Waals surface area contributed by atoms with Crippen LogP contribution in [0.3, 0.4) is 0 Å². The number of hydrogen-bond donors (Lipinski definition) is 1. The Morgan fingerprint density at radius 1 is 0.803 bits per heavy atom. The largest absolute Gasteiger partial charge is 0.392 e. The van der Waals surface area contributed by atoms with Crippen LogP contribution in [0.1, 0.15) is 90.4 Å². The molecule has 1 aromatic rings. The number of ketones is 1. The van der Waals surface area contributed by atoms with Crippen molar-refractivity contribution in [1.29, 1.82) is 0 Å². The van der Waals surface area contributed by atoms with Gasteiger partial charge in [0.05, 0.1) is 77.8 Å². The Bertz CT molecular complexity index is 1950. The third kappa shape index (κ3) is 8.37. The first kappa shape index (κ1) is 43.1. The minimum atomic E-state index is -3.84. The van der Waals surface area contributed by atoms with Gasteiger partial charge in [-0.05, 0) is 86.3 Å². The zero-order chi connectivity index (χ0) is 42.4. The van der Waals surface area contributed by atoms with Crippen LogP contribution in [0.2, 0.25) is 5.02 Å². The molecule has 0 radical (unpaired) electrons. The molecule has 336 valence electrons. The van der Waals surface area contributed by atoms with Gasteiger partial charge in [-0.25, -0.2) is 8.42 Å². The van der Waals surface area contributed by atoms with Gasteiger partial charge >= 0.3 is 0 Å². The summed E-state index contributed by atoms with van der Waals surface area (Å²) in [5, 5.41) is 11.7. The van der Waals surface area contributed by atoms with E-state index in [0.29, 0.717) is 30.7 Å². The topological polar surface area (TPSA) is 155 Å². The summed E-state index contributed by atoms with van der Waals surface area (Å²) in [5.41, 5.74) is 2.08. The van der Waals surface area contributed by atoms with E-state index in [-0.39, 0.29) is 103 Å². The van der Waals surface area contributed by atoms with Crippen LogP contribution in [0.25, 0.3) is 0 Å². The van der Waals surface area contributed by atoms with Crippen molar-refractivity contribution >= 4 is 27.2 Å². The van der Waals surface area contributed by atoms with Gasteiger partial charge in [0.2, 0.25) is 0 Å². The number of sulfone groups is 1. The molecule has 0 saturated carbocycles. The first-order chi connectivity index (χ1) is 29.2. The van der Waals surface area contributed by atoms with Gasteiger partial charge in [-0.15, -0.1) is 0 Å². The minimum absolute atomic E-state index is 0.00235. The van der Waals surface area contributed by atoms with E-state index in [1.807, 2.05) is 0 Å². The van der Waals surface area contributed by atoms with Gasteiger partial charge in [0.25, 0.3) is 0 Å². The van der Waals surface area contributed by atoms with Crippen molar-refractivity contribution in [2.75, 3.05) is 12.9 Å². The number of hydrogen-bond acceptors (Lipinski definition) is 13. The normalized spacial score (nSPS) is 46.6. The van der Waals surface area contributed by atoms with Crippen molar-refractivity contribution in [2.24, 2.45) is 11.8 Å². The van der Waals surface area contributed by atoms with E-state index in [0.717, 1.165) is 49.7 Å². The predicted molar refractivity (Wildman–Crippen MR) is 221 cm³/mol. The maximum atomic E-state index is 14.3. The smallest absolute Gasteiger partial charge is 0.180 e. The van der Waals surface area contributed by atoms with Crippen LogP contribution in [0.15, 0.2) is 53.5 Å². The van der Waals surface area contributed by atoms with E-state index in [9.17, 15) is 18.3 Å². The van der Waals surface area contributed by atoms with Crippen LogP contribution < -0.4 is 0 Å². The Balaban J connectivity index is 0.909. The van der Waals surface area contributed by atoms with Crippen molar-refractivity contribution in [1.82, 2.24) is 0 Å². The molecule has 1 spiro atoms. The van der Waals surface area contributed by atoms with Gasteiger partial charge in [0, 0.05) is 56.6 Å². The van der Waals surface area contributed by atoms with Crippen LogP contribution in [0, 0.1) is 11.8 Å². The van der Waals surface area contributed by atoms with Crippen LogP contribution in [-0.4, -0.2) is 136 Å². The molecule has 13 nitrogen and oxygen atoms in total. The molecule has 1 N–H and O–H groups in total. The predicted octanol–water partition coefficient (Wildman–Crippen LogP) is 5.61. The molecular formula is C46H61ClO13S. The van der Waals surface area contributed by atoms with Crippen molar-refractivity contribution in [3.63, 3.8) is 0 Å². The lowest BCUT2D eigenvalue weighted by atomic mass is 9.81. The van der Waals surface area contributed by atoms with E-state index in [2.05, 4.69) is 20.1 Å². The Hall–Kier alpha value is -1.79. The highest BCUT2D eigenvalue weighted by molar-refractivity contribution is 7.91. The quantitative estimate of drug-likeness (QED) is 0.353. The second-order valence-electron chi connectivity index (χ2n) is 19.4. The summed E-state index contributed by atoms with van der Waals surface area (Å²) in [4.78, 5) is 14.4. The number of aliphatic hydroxyl groups is 1. The first-order valence-electron chi connectivity index (χ1n) is 22.6. The van der Waals surface area contributed by atoms with Gasteiger partial charge < -0.3 is 47.7 Å². The van der Waals surface area contributed by atoms with E-state index < -0.39 is 57.8 Å². The Kier molecular flexibility index (Phi) is 11.9. The minimum Gasteiger partial charge on any atom is -0.392 e. The van der Waals surface area contributed by atoms with Gasteiger partial charge in [0.1, 0.15) is 36.3 Å². The molecule has 10 aliphatic rings. The highest BCUT2D eigenvalue weighted by atomic mass is 35.5. The van der Waals surface area contributed by atoms with E-state index in [1.54, 1.807) is 7.11 Å². The third-order valence-electron chi connectivity index (χ3n) is 15.3. The van der Waals surface area contributed by atoms with Gasteiger partial charge in [0.15, 0.2) is 15.6 Å². The van der Waals surface area contributed by atoms with Crippen LogP contribution in [0.5, 0.6) is 0 Å². The number of Topliss-reactive ketones (excluding diaryl/α,β-unsaturated/α-hetero) is 1. The van der Waals surface area contributed by atoms with Gasteiger partial charge in [-0.3, -0.25) is 4.79 Å². The number of benzene rings is 1. The summed E-state index contributed by atoms with van der Waals surface area (Å²) in [6, 6.07) is 5.89. The summed E-state index contributed by atoms with van der Waals surface area (Å²) in [7, 11) is -2.26. The molecule has 15 heteroatoms. The molecule has 1 aromatic carbocycles. The van der Waals surface area contributed by atoms with Crippen molar-refractivity contribution in [3.05, 3.63) is 53.6 Å². The second-order valence-corrected chi connectivity index (χ2v) is 21.9. The highest BCUT2D eigenvalue weighted by Gasteiger charge is 2.68. The number of aliphatic hydroxyl groups excluding tert-OH is 1. The van der Waals surface area contributed by atoms with Crippen molar-refractivity contribution in [2.45, 2.75) is 199 Å². The van der Waals surface area contributed by atoms with Crippen molar-refractivity contribution < 1.29 is 61.0 Å². The fourth-order valence-electron chi connectivity index (χ4n) is 12.2. The van der Waals surface area contributed by atoms with E-state index in [1.165, 1.54) is 24.3 Å². The molecule has 10 heterocycles. The zero-order valence-corrected chi connectivity index (χ0v) is 36.7. The maximum Gasteiger partial charge on any atom is 0.180 e. The highest BCUT2D eigenvalue weighted by Crippen LogP contribution is 2.54. The molecule has 19 atom stereocenters. The molecule has 11 rings (SSSR count). The number of carbonyl (C=O) groups is 1. The fraction of sp³-hybridized carbons (Fsp3) is 0.761. The Morgan fingerprint density at radius 2 is 1.52 bits per heavy atom. The number of carbonyl (C=O) groups excluding carboxylic acids is 1. The summed E-state index contributed by atoms with van der Waals surface area (Å²) < 4.78 is 86.9. The molecule has 10 aliphatic heterocycles. The molecule has 0 aliphatic carbocycles. The molecule has 1 unspecified atom stereocenters. The maximum absolute atomic E-state index is 14.3. The third-order valence-corrected chi connectivity index (χ3v) is 17.4. The zero-order valence-electron chi connectivity index (χ0n) is 35.1. The van der Waals surface area contributed by atoms with Crippen LogP contribution >= 0.6 is 11.6 Å². The Labute approximate surface area is 364 Å². The lowest BCUT2D eigenvalue weighted by Gasteiger charge is -2.47. The lowest BCUT2D eigenvalue weighted by Crippen LogP contribution is -2.61. The first-order valence-corrected chi connectivity index (χ1v) is 24.6. The summed E-state index contributed by atoms with van der Waals surface area (Å²) in [6.07, 6.45) is 1.82. The number of methoxy groups -OCH3 is 1. The monoisotopic (exact) mass is 888 g/mol. The SMILES string of the molecule is C=C1C[C@@H]2CC[C@@]34C[C@@H]5O[C@@H]6C(O[C@H]7CC[C@H](CC(=O)C[C@@H]8[C@@H](OC)[C@@H](C[C@H](O)CS(=O)(=O)c9ccc(Cl)cc9)O[C@H]8C[C@H]8O[C@@H](CC[C@@H]1O2)C[C@@H](C)C8=C)O[C@@H]7[C@@H]6O3)[C@H]5O4. The standard InChI is InChI=1S/C46H61ClO13S/c1-23-15-29-7-11-34-24(2)16-31(53-34)13-14-46-21-39-42(59-46)43-44(58-39)45(60-46)41-35(57-43)12-8-30(55-41)17-27(48)18-33-37(20-36(54-29)25(23)3)56-38(40(33)52-4)19-28(49)22-61(50,51)32-9-5-26(47)6-10-32/h5-6,9-10,23,28-31,33-45,49H,2-3,7-8,11-22H2,1,4H3/t23-,28+,29+,30-,31+,33+,34+,35+,36-,37+,38-,39+,40-,41+,42+,43?,44-,45+,46+/m1/s1. The number of ether oxygens (including phenoxy) is 9. The molecule has 61 heavy (non-hydrogen) atoms. The van der Waals surface area contributed by atoms with Crippen LogP contribution in [0.4, 0.5) is 0 Å². The van der Waals surface area contributed by atoms with Crippen molar-refractivity contribution in [3.8, 4) is 0 Å². The second kappa shape index (κ2) is 16.9. The molecular weight excluding hydrogens is 828 g/mol. The molecule has 12 bridgehead atoms. The Morgan fingerprint density at radius 3 is 2.33 bits per heavy atom. The average molecular weight is 890 g/mol. The molecule has 0 amide bonds. The number of halogens is 1. The molecule has 10 saturated heterocycles. The summed E-state index contributed by atoms with van der Waals surface area (Å²) in [6.45, 7) is 11.1. The summed E-state index contributed by atoms with van der Waals surface area (Å²) >= 11 is 6.01. The molecule has 0 aromatic heterocycles. The van der Waals surface area contributed by atoms with Crippen LogP contribution in [-0.2, 0) is 57.3 Å².